The molecule has 2 N–H and O–H groups in total. The zero-order valence-corrected chi connectivity index (χ0v) is 12.6. The third kappa shape index (κ3) is 4.43. The molecule has 0 radical (unpaired) electrons. The minimum atomic E-state index is 0.133. The molecule has 4 heteroatoms. The molecule has 0 heterocycles. The summed E-state index contributed by atoms with van der Waals surface area (Å²) in [5.74, 6) is 0.464. The van der Waals surface area contributed by atoms with Crippen molar-refractivity contribution in [3.8, 4) is 0 Å². The standard InChI is InChI=1S/C14H21Cl2NO/c1-9(2)14(6-7-18)17-10(3)12-5-4-11(15)8-13(12)16/h4-5,8-10,14,17-18H,6-7H2,1-3H3. The topological polar surface area (TPSA) is 32.3 Å². The third-order valence-electron chi connectivity index (χ3n) is 3.14. The summed E-state index contributed by atoms with van der Waals surface area (Å²) in [6, 6.07) is 5.95. The Morgan fingerprint density at radius 1 is 1.22 bits per heavy atom. The van der Waals surface area contributed by atoms with Gasteiger partial charge in [-0.05, 0) is 37.0 Å². The Labute approximate surface area is 119 Å². The van der Waals surface area contributed by atoms with Gasteiger partial charge in [0.25, 0.3) is 0 Å². The largest absolute Gasteiger partial charge is 0.396 e. The zero-order chi connectivity index (χ0) is 13.7. The number of hydrogen-bond acceptors (Lipinski definition) is 2. The maximum atomic E-state index is 9.08. The van der Waals surface area contributed by atoms with Gasteiger partial charge in [0.05, 0.1) is 0 Å². The van der Waals surface area contributed by atoms with E-state index in [4.69, 9.17) is 28.3 Å². The number of halogens is 2. The van der Waals surface area contributed by atoms with Gasteiger partial charge < -0.3 is 10.4 Å². The summed E-state index contributed by atoms with van der Waals surface area (Å²) in [6.45, 7) is 6.55. The van der Waals surface area contributed by atoms with E-state index in [1.807, 2.05) is 12.1 Å². The molecule has 2 nitrogen and oxygen atoms in total. The first kappa shape index (κ1) is 15.8. The van der Waals surface area contributed by atoms with Gasteiger partial charge in [-0.2, -0.15) is 0 Å². The van der Waals surface area contributed by atoms with Crippen molar-refractivity contribution in [2.75, 3.05) is 6.61 Å². The molecule has 18 heavy (non-hydrogen) atoms. The molecule has 0 saturated heterocycles. The van der Waals surface area contributed by atoms with Crippen molar-refractivity contribution < 1.29 is 5.11 Å². The van der Waals surface area contributed by atoms with E-state index in [1.165, 1.54) is 0 Å². The van der Waals surface area contributed by atoms with Gasteiger partial charge in [0, 0.05) is 28.7 Å². The first-order valence-corrected chi connectivity index (χ1v) is 7.03. The van der Waals surface area contributed by atoms with Gasteiger partial charge in [-0.1, -0.05) is 43.1 Å². The summed E-state index contributed by atoms with van der Waals surface area (Å²) in [4.78, 5) is 0. The van der Waals surface area contributed by atoms with Gasteiger partial charge in [0.2, 0.25) is 0 Å². The smallest absolute Gasteiger partial charge is 0.0468 e. The Bertz CT molecular complexity index is 382. The number of aliphatic hydroxyl groups excluding tert-OH is 1. The first-order chi connectivity index (χ1) is 8.45. The van der Waals surface area contributed by atoms with Crippen LogP contribution in [0.3, 0.4) is 0 Å². The van der Waals surface area contributed by atoms with Crippen LogP contribution in [0.2, 0.25) is 10.0 Å². The lowest BCUT2D eigenvalue weighted by atomic mass is 9.98. The van der Waals surface area contributed by atoms with Crippen LogP contribution in [0.5, 0.6) is 0 Å². The fourth-order valence-corrected chi connectivity index (χ4v) is 2.58. The van der Waals surface area contributed by atoms with E-state index in [0.29, 0.717) is 16.0 Å². The van der Waals surface area contributed by atoms with Crippen LogP contribution in [0.25, 0.3) is 0 Å². The number of rotatable bonds is 6. The first-order valence-electron chi connectivity index (χ1n) is 6.27. The van der Waals surface area contributed by atoms with E-state index in [2.05, 4.69) is 26.1 Å². The molecule has 0 fully saturated rings. The van der Waals surface area contributed by atoms with Crippen LogP contribution in [0, 0.1) is 5.92 Å². The molecule has 0 aromatic heterocycles. The Kier molecular flexibility index (Phi) is 6.44. The van der Waals surface area contributed by atoms with Crippen LogP contribution in [0.1, 0.15) is 38.8 Å². The molecule has 0 aliphatic rings. The van der Waals surface area contributed by atoms with E-state index in [-0.39, 0.29) is 18.7 Å². The van der Waals surface area contributed by atoms with Crippen molar-refractivity contribution in [3.63, 3.8) is 0 Å². The Morgan fingerprint density at radius 3 is 2.39 bits per heavy atom. The molecule has 0 aliphatic carbocycles. The molecule has 1 aromatic rings. The van der Waals surface area contributed by atoms with Crippen LogP contribution in [-0.4, -0.2) is 17.8 Å². The van der Waals surface area contributed by atoms with E-state index >= 15 is 0 Å². The highest BCUT2D eigenvalue weighted by Crippen LogP contribution is 2.27. The Hall–Kier alpha value is -0.280. The van der Waals surface area contributed by atoms with E-state index in [0.717, 1.165) is 12.0 Å². The maximum absolute atomic E-state index is 9.08. The SMILES string of the molecule is CC(NC(CCO)C(C)C)c1ccc(Cl)cc1Cl. The maximum Gasteiger partial charge on any atom is 0.0468 e. The molecule has 0 bridgehead atoms. The summed E-state index contributed by atoms with van der Waals surface area (Å²) in [6.07, 6.45) is 0.743. The molecule has 1 aromatic carbocycles. The monoisotopic (exact) mass is 289 g/mol. The molecule has 0 spiro atoms. The lowest BCUT2D eigenvalue weighted by Gasteiger charge is -2.26. The van der Waals surface area contributed by atoms with Crippen LogP contribution in [0.15, 0.2) is 18.2 Å². The van der Waals surface area contributed by atoms with Crippen LogP contribution < -0.4 is 5.32 Å². The predicted octanol–water partition coefficient (Wildman–Crippen LogP) is 4.05. The lowest BCUT2D eigenvalue weighted by Crippen LogP contribution is -2.36. The van der Waals surface area contributed by atoms with Crippen LogP contribution >= 0.6 is 23.2 Å². The van der Waals surface area contributed by atoms with Crippen molar-refractivity contribution >= 4 is 23.2 Å². The molecule has 1 rings (SSSR count). The molecule has 0 saturated carbocycles. The van der Waals surface area contributed by atoms with Crippen LogP contribution in [-0.2, 0) is 0 Å². The van der Waals surface area contributed by atoms with Crippen molar-refractivity contribution in [1.29, 1.82) is 0 Å². The van der Waals surface area contributed by atoms with Crippen molar-refractivity contribution in [1.82, 2.24) is 5.32 Å². The quantitative estimate of drug-likeness (QED) is 0.828. The minimum absolute atomic E-state index is 0.133. The average Bonchev–Trinajstić information content (AvgIpc) is 2.27. The predicted molar refractivity (Wildman–Crippen MR) is 78.3 cm³/mol. The van der Waals surface area contributed by atoms with Gasteiger partial charge in [-0.3, -0.25) is 0 Å². The summed E-state index contributed by atoms with van der Waals surface area (Å²) in [5.41, 5.74) is 1.03. The molecule has 2 atom stereocenters. The Balaban J connectivity index is 2.76. The molecular weight excluding hydrogens is 269 g/mol. The van der Waals surface area contributed by atoms with Gasteiger partial charge in [-0.15, -0.1) is 0 Å². The zero-order valence-electron chi connectivity index (χ0n) is 11.1. The molecule has 0 amide bonds. The fourth-order valence-electron chi connectivity index (χ4n) is 2.01. The Morgan fingerprint density at radius 2 is 1.89 bits per heavy atom. The summed E-state index contributed by atoms with van der Waals surface area (Å²) in [5, 5.41) is 13.9. The third-order valence-corrected chi connectivity index (χ3v) is 3.70. The number of nitrogens with one attached hydrogen (secondary N) is 1. The van der Waals surface area contributed by atoms with E-state index < -0.39 is 0 Å². The second-order valence-electron chi connectivity index (χ2n) is 4.92. The highest BCUT2D eigenvalue weighted by atomic mass is 35.5. The summed E-state index contributed by atoms with van der Waals surface area (Å²) < 4.78 is 0. The molecule has 102 valence electrons. The lowest BCUT2D eigenvalue weighted by molar-refractivity contribution is 0.237. The van der Waals surface area contributed by atoms with Gasteiger partial charge >= 0.3 is 0 Å². The molecular formula is C14H21Cl2NO. The number of benzene rings is 1. The van der Waals surface area contributed by atoms with Gasteiger partial charge in [0.1, 0.15) is 0 Å². The van der Waals surface area contributed by atoms with E-state index in [9.17, 15) is 0 Å². The fraction of sp³-hybridized carbons (Fsp3) is 0.571. The molecule has 0 aliphatic heterocycles. The van der Waals surface area contributed by atoms with Gasteiger partial charge in [-0.25, -0.2) is 0 Å². The summed E-state index contributed by atoms with van der Waals surface area (Å²) >= 11 is 12.1. The highest BCUT2D eigenvalue weighted by Gasteiger charge is 2.17. The van der Waals surface area contributed by atoms with E-state index in [1.54, 1.807) is 6.07 Å². The average molecular weight is 290 g/mol. The summed E-state index contributed by atoms with van der Waals surface area (Å²) in [7, 11) is 0. The molecule has 2 unspecified atom stereocenters. The van der Waals surface area contributed by atoms with Crippen LogP contribution in [0.4, 0.5) is 0 Å². The second-order valence-corrected chi connectivity index (χ2v) is 5.76. The minimum Gasteiger partial charge on any atom is -0.396 e. The van der Waals surface area contributed by atoms with Crippen molar-refractivity contribution in [2.24, 2.45) is 5.92 Å². The second kappa shape index (κ2) is 7.34. The van der Waals surface area contributed by atoms with Gasteiger partial charge in [0.15, 0.2) is 0 Å². The number of aliphatic hydroxyl groups is 1. The van der Waals surface area contributed by atoms with Crippen molar-refractivity contribution in [3.05, 3.63) is 33.8 Å². The number of hydrogen-bond donors (Lipinski definition) is 2. The van der Waals surface area contributed by atoms with Crippen molar-refractivity contribution in [2.45, 2.75) is 39.3 Å². The highest BCUT2D eigenvalue weighted by molar-refractivity contribution is 6.35. The normalized spacial score (nSPS) is 14.8.